The lowest BCUT2D eigenvalue weighted by molar-refractivity contribution is -0.112. The highest BCUT2D eigenvalue weighted by atomic mass is 16.5. The van der Waals surface area contributed by atoms with Gasteiger partial charge in [0, 0.05) is 30.9 Å². The molecule has 1 aliphatic rings. The van der Waals surface area contributed by atoms with Gasteiger partial charge in [0.05, 0.1) is 48.2 Å². The molecule has 2 amide bonds. The Morgan fingerprint density at radius 1 is 1.13 bits per heavy atom. The first kappa shape index (κ1) is 19.6. The summed E-state index contributed by atoms with van der Waals surface area (Å²) in [5, 5.41) is 7.21. The summed E-state index contributed by atoms with van der Waals surface area (Å²) in [6, 6.07) is 7.50. The maximum Gasteiger partial charge on any atom is 0.257 e. The zero-order valence-electron chi connectivity index (χ0n) is 16.7. The van der Waals surface area contributed by atoms with E-state index in [1.54, 1.807) is 23.1 Å². The number of methoxy groups -OCH3 is 1. The third-order valence-corrected chi connectivity index (χ3v) is 5.07. The highest BCUT2D eigenvalue weighted by Crippen LogP contribution is 2.25. The molecule has 0 atom stereocenters. The fourth-order valence-electron chi connectivity index (χ4n) is 3.62. The maximum absolute atomic E-state index is 13.0. The molecule has 1 aliphatic heterocycles. The zero-order chi connectivity index (χ0) is 20.9. The molecule has 4 rings (SSSR count). The summed E-state index contributed by atoms with van der Waals surface area (Å²) in [5.74, 6) is -0.298. The summed E-state index contributed by atoms with van der Waals surface area (Å²) in [4.78, 5) is 31.0. The van der Waals surface area contributed by atoms with Gasteiger partial charge in [0.2, 0.25) is 0 Å². The maximum atomic E-state index is 13.0. The minimum Gasteiger partial charge on any atom is -0.504 e. The molecular weight excluding hydrogens is 382 g/mol. The van der Waals surface area contributed by atoms with Gasteiger partial charge in [-0.25, -0.2) is 4.52 Å². The molecule has 0 radical (unpaired) electrons. The summed E-state index contributed by atoms with van der Waals surface area (Å²) >= 11 is 0. The van der Waals surface area contributed by atoms with Gasteiger partial charge in [-0.2, -0.15) is 5.10 Å². The van der Waals surface area contributed by atoms with E-state index in [4.69, 9.17) is 4.74 Å². The number of hydrogen-bond acceptors (Lipinski definition) is 5. The van der Waals surface area contributed by atoms with Crippen LogP contribution in [0.15, 0.2) is 55.2 Å². The van der Waals surface area contributed by atoms with E-state index in [9.17, 15) is 9.59 Å². The number of aromatic nitrogens is 3. The van der Waals surface area contributed by atoms with Crippen molar-refractivity contribution < 1.29 is 14.3 Å². The Morgan fingerprint density at radius 3 is 2.77 bits per heavy atom. The van der Waals surface area contributed by atoms with Crippen molar-refractivity contribution in [1.29, 1.82) is 0 Å². The quantitative estimate of drug-likeness (QED) is 0.520. The van der Waals surface area contributed by atoms with Crippen LogP contribution in [0.5, 0.6) is 0 Å². The first-order chi connectivity index (χ1) is 14.7. The number of pyridine rings is 2. The Hall–Kier alpha value is -3.68. The summed E-state index contributed by atoms with van der Waals surface area (Å²) < 4.78 is 6.50. The van der Waals surface area contributed by atoms with E-state index in [2.05, 4.69) is 15.4 Å². The first-order valence-corrected chi connectivity index (χ1v) is 9.89. The minimum atomic E-state index is -0.317. The van der Waals surface area contributed by atoms with E-state index in [0.29, 0.717) is 11.3 Å². The summed E-state index contributed by atoms with van der Waals surface area (Å²) in [5.41, 5.74) is 3.45. The Labute approximate surface area is 174 Å². The summed E-state index contributed by atoms with van der Waals surface area (Å²) in [6.45, 7) is 1.58. The molecule has 8 heteroatoms. The van der Waals surface area contributed by atoms with Gasteiger partial charge < -0.3 is 15.0 Å². The predicted molar refractivity (Wildman–Crippen MR) is 113 cm³/mol. The fraction of sp³-hybridized carbons (Fsp3) is 0.273. The molecular formula is C22H23N5O3. The molecule has 0 unspecified atom stereocenters. The second-order valence-electron chi connectivity index (χ2n) is 7.11. The largest absolute Gasteiger partial charge is 0.504 e. The van der Waals surface area contributed by atoms with Gasteiger partial charge >= 0.3 is 0 Å². The number of nitrogens with one attached hydrogen (secondary N) is 1. The van der Waals surface area contributed by atoms with Gasteiger partial charge in [-0.1, -0.05) is 6.07 Å². The number of fused-ring (bicyclic) bond motifs is 1. The molecule has 4 heterocycles. The topological polar surface area (TPSA) is 88.8 Å². The van der Waals surface area contributed by atoms with E-state index in [1.165, 1.54) is 25.9 Å². The van der Waals surface area contributed by atoms with Crippen molar-refractivity contribution in [1.82, 2.24) is 19.5 Å². The molecule has 1 fully saturated rings. The van der Waals surface area contributed by atoms with Crippen LogP contribution in [0.25, 0.3) is 16.8 Å². The molecule has 0 aliphatic carbocycles. The highest BCUT2D eigenvalue weighted by molar-refractivity contribution is 6.01. The number of carbonyl (C=O) groups is 2. The average molecular weight is 405 g/mol. The van der Waals surface area contributed by atoms with Crippen molar-refractivity contribution in [3.05, 3.63) is 60.8 Å². The van der Waals surface area contributed by atoms with Gasteiger partial charge in [0.25, 0.3) is 11.8 Å². The SMILES string of the molecule is COC=CC(=O)Nc1cncc(-c2cccc3c(C(=O)N4CCCCC4)cnn23)c1. The number of ether oxygens (including phenoxy) is 1. The standard InChI is InChI=1S/C22H23N5O3/c1-30-11-8-21(28)25-17-12-16(13-23-14-17)19-6-5-7-20-18(15-24-27(19)20)22(29)26-9-3-2-4-10-26/h5-8,11-15H,2-4,9-10H2,1H3,(H,25,28). The Bertz CT molecular complexity index is 1100. The number of carbonyl (C=O) groups excluding carboxylic acids is 2. The van der Waals surface area contributed by atoms with E-state index in [-0.39, 0.29) is 11.8 Å². The second-order valence-corrected chi connectivity index (χ2v) is 7.11. The van der Waals surface area contributed by atoms with Crippen LogP contribution in [0.4, 0.5) is 5.69 Å². The number of amides is 2. The zero-order valence-corrected chi connectivity index (χ0v) is 16.7. The van der Waals surface area contributed by atoms with Gasteiger partial charge in [0.1, 0.15) is 0 Å². The lowest BCUT2D eigenvalue weighted by Gasteiger charge is -2.26. The van der Waals surface area contributed by atoms with Crippen molar-refractivity contribution >= 4 is 23.0 Å². The first-order valence-electron chi connectivity index (χ1n) is 9.89. The number of rotatable bonds is 5. The van der Waals surface area contributed by atoms with Gasteiger partial charge in [0.15, 0.2) is 0 Å². The van der Waals surface area contributed by atoms with Gasteiger partial charge in [-0.15, -0.1) is 0 Å². The van der Waals surface area contributed by atoms with Crippen LogP contribution >= 0.6 is 0 Å². The van der Waals surface area contributed by atoms with Crippen molar-refractivity contribution in [3.63, 3.8) is 0 Å². The molecule has 0 spiro atoms. The molecule has 3 aromatic rings. The van der Waals surface area contributed by atoms with Crippen molar-refractivity contribution in [3.8, 4) is 11.3 Å². The van der Waals surface area contributed by atoms with Crippen LogP contribution in [0, 0.1) is 0 Å². The van der Waals surface area contributed by atoms with Crippen LogP contribution < -0.4 is 5.32 Å². The van der Waals surface area contributed by atoms with E-state index >= 15 is 0 Å². The molecule has 1 saturated heterocycles. The Kier molecular flexibility index (Phi) is 5.74. The van der Waals surface area contributed by atoms with Crippen molar-refractivity contribution in [2.24, 2.45) is 0 Å². The molecule has 30 heavy (non-hydrogen) atoms. The van der Waals surface area contributed by atoms with Crippen LogP contribution in [-0.2, 0) is 9.53 Å². The lowest BCUT2D eigenvalue weighted by Crippen LogP contribution is -2.35. The molecule has 3 aromatic heterocycles. The van der Waals surface area contributed by atoms with Gasteiger partial charge in [-0.05, 0) is 37.5 Å². The van der Waals surface area contributed by atoms with Crippen molar-refractivity contribution in [2.75, 3.05) is 25.5 Å². The lowest BCUT2D eigenvalue weighted by atomic mass is 10.1. The third kappa shape index (κ3) is 4.03. The average Bonchev–Trinajstić information content (AvgIpc) is 3.22. The minimum absolute atomic E-state index is 0.0194. The Balaban J connectivity index is 1.65. The molecule has 1 N–H and O–H groups in total. The monoisotopic (exact) mass is 405 g/mol. The normalized spacial score (nSPS) is 14.2. The molecule has 0 aromatic carbocycles. The summed E-state index contributed by atoms with van der Waals surface area (Å²) in [6.07, 6.45) is 10.7. The number of hydrogen-bond donors (Lipinski definition) is 1. The number of nitrogens with zero attached hydrogens (tertiary/aromatic N) is 4. The van der Waals surface area contributed by atoms with E-state index in [0.717, 1.165) is 42.7 Å². The number of anilines is 1. The second kappa shape index (κ2) is 8.77. The Morgan fingerprint density at radius 2 is 1.97 bits per heavy atom. The molecule has 8 nitrogen and oxygen atoms in total. The predicted octanol–water partition coefficient (Wildman–Crippen LogP) is 3.12. The van der Waals surface area contributed by atoms with Crippen LogP contribution in [-0.4, -0.2) is 51.5 Å². The number of likely N-dealkylation sites (tertiary alicyclic amines) is 1. The molecule has 154 valence electrons. The van der Waals surface area contributed by atoms with E-state index in [1.807, 2.05) is 29.2 Å². The van der Waals surface area contributed by atoms with E-state index < -0.39 is 0 Å². The summed E-state index contributed by atoms with van der Waals surface area (Å²) in [7, 11) is 1.47. The van der Waals surface area contributed by atoms with Crippen molar-refractivity contribution in [2.45, 2.75) is 19.3 Å². The van der Waals surface area contributed by atoms with Crippen LogP contribution in [0.3, 0.4) is 0 Å². The number of piperidine rings is 1. The molecule has 0 bridgehead atoms. The molecule has 0 saturated carbocycles. The van der Waals surface area contributed by atoms with Crippen LogP contribution in [0.2, 0.25) is 0 Å². The smallest absolute Gasteiger partial charge is 0.257 e. The van der Waals surface area contributed by atoms with Crippen LogP contribution in [0.1, 0.15) is 29.6 Å². The third-order valence-electron chi connectivity index (χ3n) is 5.07. The fourth-order valence-corrected chi connectivity index (χ4v) is 3.62. The van der Waals surface area contributed by atoms with Gasteiger partial charge in [-0.3, -0.25) is 14.6 Å². The highest BCUT2D eigenvalue weighted by Gasteiger charge is 2.22.